The second kappa shape index (κ2) is 24.3. The Morgan fingerprint density at radius 2 is 1.24 bits per heavy atom. The molecule has 24 heteroatoms. The van der Waals surface area contributed by atoms with Crippen LogP contribution in [0.1, 0.15) is 56.8 Å². The smallest absolute Gasteiger partial charge is 0.333 e. The van der Waals surface area contributed by atoms with E-state index in [4.69, 9.17) is 48.6 Å². The number of carbonyl (C=O) groups is 2. The number of amides is 2. The van der Waals surface area contributed by atoms with Crippen molar-refractivity contribution in [2.75, 3.05) is 57.8 Å². The summed E-state index contributed by atoms with van der Waals surface area (Å²) < 4.78 is 78.8. The lowest BCUT2D eigenvalue weighted by molar-refractivity contribution is -0.202. The Bertz CT molecular complexity index is 3760. The van der Waals surface area contributed by atoms with Gasteiger partial charge in [0.15, 0.2) is 52.6 Å². The monoisotopic (exact) mass is 1160 g/mol. The van der Waals surface area contributed by atoms with Crippen molar-refractivity contribution in [1.82, 2.24) is 39.0 Å². The van der Waals surface area contributed by atoms with Gasteiger partial charge in [-0.05, 0) is 65.2 Å². The highest BCUT2D eigenvalue weighted by Gasteiger charge is 2.65. The fourth-order valence-corrected chi connectivity index (χ4v) is 11.9. The van der Waals surface area contributed by atoms with E-state index < -0.39 is 74.5 Å². The van der Waals surface area contributed by atoms with Crippen LogP contribution >= 0.6 is 8.60 Å². The Morgan fingerprint density at radius 3 is 1.77 bits per heavy atom. The second-order valence-electron chi connectivity index (χ2n) is 20.0. The first kappa shape index (κ1) is 55.8. The quantitative estimate of drug-likeness (QED) is 0.0278. The van der Waals surface area contributed by atoms with Gasteiger partial charge in [0, 0.05) is 17.0 Å². The maximum Gasteiger partial charge on any atom is 0.333 e. The molecule has 9 aromatic rings. The third-order valence-corrected chi connectivity index (χ3v) is 16.3. The molecule has 428 valence electrons. The molecular formula is C60H55FN11O11P. The summed E-state index contributed by atoms with van der Waals surface area (Å²) >= 11 is 0. The van der Waals surface area contributed by atoms with Crippen LogP contribution in [0.5, 0.6) is 11.5 Å². The SMILES string of the molecule is [C-]#[N+]CCOP(OC[C@H]1O[C@@H](n2cnc3c(NC(=O)c4ccccc4)ncnc32)[C@@H](F)C1C)O[C@@H]1C2OC[C@]1(COC(c1ccccc1)(c1ccc(OC)cc1)c1ccc(OC)cc1)O[C@H]2n1cnc2c(NC(=O)c3ccccc3)ncnc21. The number of nitrogens with one attached hydrogen (secondary N) is 2. The molecule has 0 saturated carbocycles. The van der Waals surface area contributed by atoms with E-state index in [-0.39, 0.29) is 61.3 Å². The molecule has 84 heavy (non-hydrogen) atoms. The van der Waals surface area contributed by atoms with E-state index in [9.17, 15) is 9.59 Å². The van der Waals surface area contributed by atoms with Crippen molar-refractivity contribution >= 4 is 54.4 Å². The van der Waals surface area contributed by atoms with Gasteiger partial charge in [0.25, 0.3) is 11.8 Å². The molecule has 3 aliphatic rings. The number of hydrogen-bond donors (Lipinski definition) is 2. The minimum Gasteiger partial charge on any atom is -0.497 e. The number of methoxy groups -OCH3 is 2. The standard InChI is InChI=1S/C60H55FN11O11P/c1-37-45(81-57(46(37)61)71-35-67-47-51(63-33-65-53(47)71)69-55(73)38-14-8-5-9-15-38)30-80-84(79-29-28-62-2)83-50-49-58(72-36-68-48-52(64-34-66-54(48)72)70-56(74)39-16-10-6-11-17-39)82-59(50,31-77-49)32-78-60(40-18-12-7-13-19-40,41-20-24-43(75-3)25-21-41)42-22-26-44(76-4)27-23-42/h5-27,33-37,45-46,49-50,57-58H,28-32H2,1,3-4H3,(H,63,65,69,73)(H,64,66,70,74)/t37?,45-,46+,49?,50-,57-,58-,59-,84?/m1/s1. The molecule has 0 radical (unpaired) electrons. The van der Waals surface area contributed by atoms with E-state index in [0.717, 1.165) is 16.7 Å². The fourth-order valence-electron chi connectivity index (χ4n) is 10.7. The molecule has 2 bridgehead atoms. The molecule has 3 fully saturated rings. The lowest BCUT2D eigenvalue weighted by atomic mass is 9.79. The number of halogens is 1. The molecule has 0 spiro atoms. The van der Waals surface area contributed by atoms with Gasteiger partial charge in [0.1, 0.15) is 54.2 Å². The third kappa shape index (κ3) is 10.7. The minimum atomic E-state index is -2.39. The van der Waals surface area contributed by atoms with Crippen molar-refractivity contribution in [3.05, 3.63) is 204 Å². The summed E-state index contributed by atoms with van der Waals surface area (Å²) in [7, 11) is 0.811. The number of carbonyl (C=O) groups excluding carboxylic acids is 2. The highest BCUT2D eigenvalue weighted by Crippen LogP contribution is 2.55. The van der Waals surface area contributed by atoms with E-state index in [1.165, 1.54) is 29.9 Å². The maximum absolute atomic E-state index is 16.7. The van der Waals surface area contributed by atoms with Gasteiger partial charge >= 0.3 is 8.60 Å². The first-order valence-corrected chi connectivity index (χ1v) is 27.9. The van der Waals surface area contributed by atoms with Crippen molar-refractivity contribution in [2.45, 2.75) is 55.1 Å². The highest BCUT2D eigenvalue weighted by atomic mass is 31.2. The summed E-state index contributed by atoms with van der Waals surface area (Å²) in [6, 6.07) is 42.4. The van der Waals surface area contributed by atoms with Crippen LogP contribution < -0.4 is 20.1 Å². The van der Waals surface area contributed by atoms with Gasteiger partial charge in [0.2, 0.25) is 6.54 Å². The normalized spacial score (nSPS) is 22.2. The summed E-state index contributed by atoms with van der Waals surface area (Å²) in [4.78, 5) is 56.9. The zero-order valence-electron chi connectivity index (χ0n) is 45.5. The second-order valence-corrected chi connectivity index (χ2v) is 21.2. The van der Waals surface area contributed by atoms with Crippen LogP contribution in [0.25, 0.3) is 27.2 Å². The molecule has 22 nitrogen and oxygen atoms in total. The Balaban J connectivity index is 0.869. The first-order valence-electron chi connectivity index (χ1n) is 26.8. The number of hydrogen-bond acceptors (Lipinski definition) is 17. The lowest BCUT2D eigenvalue weighted by Gasteiger charge is -2.40. The van der Waals surface area contributed by atoms with Crippen LogP contribution in [-0.4, -0.2) is 128 Å². The number of benzene rings is 5. The molecule has 9 atom stereocenters. The number of nitrogens with zero attached hydrogens (tertiary/aromatic N) is 9. The minimum absolute atomic E-state index is 0.0228. The van der Waals surface area contributed by atoms with Gasteiger partial charge in [-0.25, -0.2) is 40.9 Å². The van der Waals surface area contributed by atoms with Crippen molar-refractivity contribution in [3.8, 4) is 11.5 Å². The van der Waals surface area contributed by atoms with Gasteiger partial charge in [-0.2, -0.15) is 0 Å². The number of aromatic nitrogens is 8. The van der Waals surface area contributed by atoms with E-state index in [2.05, 4.69) is 45.4 Å². The van der Waals surface area contributed by atoms with Crippen LogP contribution in [0.3, 0.4) is 0 Å². The molecule has 4 aromatic heterocycles. The number of imidazole rings is 2. The van der Waals surface area contributed by atoms with Crippen LogP contribution in [0.15, 0.2) is 165 Å². The molecule has 7 heterocycles. The Kier molecular flexibility index (Phi) is 16.1. The molecule has 5 aromatic carbocycles. The predicted octanol–water partition coefficient (Wildman–Crippen LogP) is 9.30. The van der Waals surface area contributed by atoms with Crippen LogP contribution in [0, 0.1) is 12.5 Å². The average molecular weight is 1160 g/mol. The molecule has 12 rings (SSSR count). The van der Waals surface area contributed by atoms with E-state index in [1.54, 1.807) is 80.3 Å². The highest BCUT2D eigenvalue weighted by molar-refractivity contribution is 7.41. The molecule has 2 amide bonds. The summed E-state index contributed by atoms with van der Waals surface area (Å²) in [6.45, 7) is 8.79. The lowest BCUT2D eigenvalue weighted by Crippen LogP contribution is -2.49. The number of ether oxygens (including phenoxy) is 6. The Labute approximate surface area is 482 Å². The number of rotatable bonds is 22. The molecule has 3 aliphatic heterocycles. The van der Waals surface area contributed by atoms with Gasteiger partial charge < -0.3 is 57.5 Å². The number of fused-ring (bicyclic) bond motifs is 4. The van der Waals surface area contributed by atoms with E-state index in [0.29, 0.717) is 28.3 Å². The summed E-state index contributed by atoms with van der Waals surface area (Å²) in [5, 5.41) is 5.66. The number of anilines is 2. The summed E-state index contributed by atoms with van der Waals surface area (Å²) in [6.07, 6.45) is -1.01. The van der Waals surface area contributed by atoms with Gasteiger partial charge in [-0.1, -0.05) is 97.9 Å². The zero-order valence-corrected chi connectivity index (χ0v) is 46.4. The molecule has 3 saturated heterocycles. The van der Waals surface area contributed by atoms with Crippen molar-refractivity contribution < 1.29 is 56.0 Å². The van der Waals surface area contributed by atoms with Crippen LogP contribution in [-0.2, 0) is 38.1 Å². The Hall–Kier alpha value is -8.69. The Morgan fingerprint density at radius 1 is 0.714 bits per heavy atom. The van der Waals surface area contributed by atoms with E-state index in [1.807, 2.05) is 84.9 Å². The maximum atomic E-state index is 16.7. The summed E-state index contributed by atoms with van der Waals surface area (Å²) in [5.74, 6) is 0.0724. The predicted molar refractivity (Wildman–Crippen MR) is 303 cm³/mol. The molecule has 2 N–H and O–H groups in total. The average Bonchev–Trinajstić information content (AvgIpc) is 1.65. The molecular weight excluding hydrogens is 1100 g/mol. The van der Waals surface area contributed by atoms with Gasteiger partial charge in [-0.15, -0.1) is 0 Å². The van der Waals surface area contributed by atoms with Crippen molar-refractivity contribution in [2.24, 2.45) is 5.92 Å². The molecule has 3 unspecified atom stereocenters. The largest absolute Gasteiger partial charge is 0.497 e. The van der Waals surface area contributed by atoms with Crippen LogP contribution in [0.2, 0.25) is 0 Å². The van der Waals surface area contributed by atoms with Crippen molar-refractivity contribution in [3.63, 3.8) is 0 Å². The van der Waals surface area contributed by atoms with Gasteiger partial charge in [0.05, 0.1) is 52.8 Å². The van der Waals surface area contributed by atoms with E-state index >= 15 is 4.39 Å². The topological polar surface area (TPSA) is 233 Å². The van der Waals surface area contributed by atoms with Crippen molar-refractivity contribution in [1.29, 1.82) is 0 Å². The number of alkyl halides is 1. The van der Waals surface area contributed by atoms with Gasteiger partial charge in [-0.3, -0.25) is 18.7 Å². The summed E-state index contributed by atoms with van der Waals surface area (Å²) in [5.41, 5.74) is 1.47. The first-order chi connectivity index (χ1) is 41.1. The zero-order chi connectivity index (χ0) is 57.8. The molecule has 0 aliphatic carbocycles. The van der Waals surface area contributed by atoms with Crippen LogP contribution in [0.4, 0.5) is 16.0 Å². The third-order valence-electron chi connectivity index (χ3n) is 15.1. The fraction of sp³-hybridized carbons (Fsp3) is 0.283.